The normalized spacial score (nSPS) is 21.0. The van der Waals surface area contributed by atoms with E-state index in [0.29, 0.717) is 24.1 Å². The van der Waals surface area contributed by atoms with Gasteiger partial charge in [0.1, 0.15) is 0 Å². The zero-order valence-corrected chi connectivity index (χ0v) is 14.4. The summed E-state index contributed by atoms with van der Waals surface area (Å²) in [6.07, 6.45) is 0.912. The van der Waals surface area contributed by atoms with Crippen LogP contribution in [0.5, 0.6) is 0 Å². The molecule has 0 radical (unpaired) electrons. The molecule has 2 unspecified atom stereocenters. The molecule has 1 aromatic heterocycles. The molecule has 1 aliphatic heterocycles. The lowest BCUT2D eigenvalue weighted by atomic mass is 10.0. The predicted octanol–water partition coefficient (Wildman–Crippen LogP) is 1.95. The zero-order valence-electron chi connectivity index (χ0n) is 12.8. The van der Waals surface area contributed by atoms with Crippen LogP contribution in [0.3, 0.4) is 0 Å². The van der Waals surface area contributed by atoms with Crippen LogP contribution in [0, 0.1) is 5.92 Å². The maximum absolute atomic E-state index is 12.6. The molecule has 7 heteroatoms. The van der Waals surface area contributed by atoms with Crippen molar-refractivity contribution in [2.45, 2.75) is 50.7 Å². The molecule has 2 atom stereocenters. The third-order valence-electron chi connectivity index (χ3n) is 3.68. The number of ether oxygens (including phenoxy) is 1. The molecule has 2 rings (SSSR count). The van der Waals surface area contributed by atoms with Gasteiger partial charge in [-0.05, 0) is 24.8 Å². The van der Waals surface area contributed by atoms with Crippen LogP contribution in [0.4, 0.5) is 0 Å². The minimum absolute atomic E-state index is 0.108. The molecule has 1 saturated heterocycles. The summed E-state index contributed by atoms with van der Waals surface area (Å²) in [5.74, 6) is 0.260. The predicted molar refractivity (Wildman–Crippen MR) is 85.0 cm³/mol. The second kappa shape index (κ2) is 7.19. The van der Waals surface area contributed by atoms with Gasteiger partial charge in [0.05, 0.1) is 11.5 Å². The van der Waals surface area contributed by atoms with Crippen molar-refractivity contribution >= 4 is 21.4 Å². The summed E-state index contributed by atoms with van der Waals surface area (Å²) in [5.41, 5.74) is 0. The van der Waals surface area contributed by atoms with Gasteiger partial charge in [-0.15, -0.1) is 11.3 Å². The van der Waals surface area contributed by atoms with Crippen LogP contribution in [0.25, 0.3) is 0 Å². The van der Waals surface area contributed by atoms with Crippen molar-refractivity contribution in [3.63, 3.8) is 0 Å². The van der Waals surface area contributed by atoms with E-state index in [-0.39, 0.29) is 12.0 Å². The highest BCUT2D eigenvalue weighted by Crippen LogP contribution is 2.24. The number of hydrogen-bond acceptors (Lipinski definition) is 5. The number of thiophene rings is 1. The first kappa shape index (κ1) is 16.9. The lowest BCUT2D eigenvalue weighted by Gasteiger charge is -2.19. The Hall–Kier alpha value is -0.470. The molecule has 0 aromatic carbocycles. The molecule has 1 fully saturated rings. The van der Waals surface area contributed by atoms with Gasteiger partial charge in [-0.3, -0.25) is 0 Å². The van der Waals surface area contributed by atoms with E-state index in [1.165, 1.54) is 11.3 Å². The average Bonchev–Trinajstić information content (AvgIpc) is 3.07. The van der Waals surface area contributed by atoms with Gasteiger partial charge in [-0.25, -0.2) is 13.1 Å². The highest BCUT2D eigenvalue weighted by atomic mass is 32.2. The minimum atomic E-state index is -3.47. The largest absolute Gasteiger partial charge is 0.381 e. The van der Waals surface area contributed by atoms with Crippen molar-refractivity contribution in [3.8, 4) is 0 Å². The number of nitrogens with one attached hydrogen (secondary N) is 2. The van der Waals surface area contributed by atoms with Gasteiger partial charge in [0.2, 0.25) is 10.0 Å². The van der Waals surface area contributed by atoms with Crippen molar-refractivity contribution in [1.82, 2.24) is 10.0 Å². The number of sulfonamides is 1. The molecular weight excluding hydrogens is 308 g/mol. The third-order valence-corrected chi connectivity index (χ3v) is 6.37. The van der Waals surface area contributed by atoms with Crippen LogP contribution in [0.15, 0.2) is 16.3 Å². The highest BCUT2D eigenvalue weighted by molar-refractivity contribution is 7.89. The second-order valence-corrected chi connectivity index (χ2v) is 8.46. The van der Waals surface area contributed by atoms with E-state index < -0.39 is 10.0 Å². The van der Waals surface area contributed by atoms with E-state index in [2.05, 4.69) is 10.0 Å². The van der Waals surface area contributed by atoms with Gasteiger partial charge in [0, 0.05) is 36.0 Å². The molecule has 0 saturated carbocycles. The molecule has 5 nitrogen and oxygen atoms in total. The van der Waals surface area contributed by atoms with Crippen molar-refractivity contribution < 1.29 is 13.2 Å². The van der Waals surface area contributed by atoms with Gasteiger partial charge < -0.3 is 10.1 Å². The summed E-state index contributed by atoms with van der Waals surface area (Å²) in [6.45, 7) is 7.93. The van der Waals surface area contributed by atoms with Crippen LogP contribution in [0.2, 0.25) is 0 Å². The van der Waals surface area contributed by atoms with Crippen LogP contribution in [-0.2, 0) is 21.3 Å². The monoisotopic (exact) mass is 332 g/mol. The maximum atomic E-state index is 12.6. The molecule has 1 aliphatic rings. The topological polar surface area (TPSA) is 67.4 Å². The SMILES string of the molecule is CC(C)NCc1sccc1S(=O)(=O)NC(C)C1CCOC1. The Bertz CT molecular complexity index is 548. The van der Waals surface area contributed by atoms with Crippen LogP contribution in [0.1, 0.15) is 32.1 Å². The van der Waals surface area contributed by atoms with E-state index in [1.807, 2.05) is 26.2 Å². The Morgan fingerprint density at radius 1 is 1.43 bits per heavy atom. The standard InChI is InChI=1S/C14H24N2O3S2/c1-10(2)15-8-13-14(5-7-20-13)21(17,18)16-11(3)12-4-6-19-9-12/h5,7,10-12,15-16H,4,6,8-9H2,1-3H3. The van der Waals surface area contributed by atoms with Crippen LogP contribution >= 0.6 is 11.3 Å². The Morgan fingerprint density at radius 2 is 2.19 bits per heavy atom. The number of hydrogen-bond donors (Lipinski definition) is 2. The zero-order chi connectivity index (χ0) is 15.5. The van der Waals surface area contributed by atoms with E-state index in [4.69, 9.17) is 4.74 Å². The summed E-state index contributed by atoms with van der Waals surface area (Å²) < 4.78 is 33.2. The van der Waals surface area contributed by atoms with Gasteiger partial charge in [0.25, 0.3) is 0 Å². The van der Waals surface area contributed by atoms with Crippen LogP contribution in [-0.4, -0.2) is 33.7 Å². The lowest BCUT2D eigenvalue weighted by Crippen LogP contribution is -2.38. The Balaban J connectivity index is 2.06. The molecule has 2 heterocycles. The highest BCUT2D eigenvalue weighted by Gasteiger charge is 2.28. The molecule has 21 heavy (non-hydrogen) atoms. The number of rotatable bonds is 7. The van der Waals surface area contributed by atoms with Crippen LogP contribution < -0.4 is 10.0 Å². The first-order chi connectivity index (χ1) is 9.90. The molecule has 0 aliphatic carbocycles. The Kier molecular flexibility index (Phi) is 5.79. The fraction of sp³-hybridized carbons (Fsp3) is 0.714. The molecule has 0 spiro atoms. The van der Waals surface area contributed by atoms with Gasteiger partial charge in [-0.1, -0.05) is 13.8 Å². The summed E-state index contributed by atoms with van der Waals surface area (Å²) in [7, 11) is -3.47. The summed E-state index contributed by atoms with van der Waals surface area (Å²) in [5, 5.41) is 5.10. The Morgan fingerprint density at radius 3 is 2.81 bits per heavy atom. The van der Waals surface area contributed by atoms with E-state index in [9.17, 15) is 8.42 Å². The third kappa shape index (κ3) is 4.50. The van der Waals surface area contributed by atoms with Crippen molar-refractivity contribution in [2.75, 3.05) is 13.2 Å². The van der Waals surface area contributed by atoms with Gasteiger partial charge in [0.15, 0.2) is 0 Å². The second-order valence-electron chi connectivity index (χ2n) is 5.78. The summed E-state index contributed by atoms with van der Waals surface area (Å²) in [4.78, 5) is 1.25. The van der Waals surface area contributed by atoms with Crippen molar-refractivity contribution in [3.05, 3.63) is 16.3 Å². The quantitative estimate of drug-likeness (QED) is 0.801. The smallest absolute Gasteiger partial charge is 0.241 e. The first-order valence-corrected chi connectivity index (χ1v) is 9.66. The van der Waals surface area contributed by atoms with E-state index in [0.717, 1.165) is 17.9 Å². The summed E-state index contributed by atoms with van der Waals surface area (Å²) in [6, 6.07) is 1.90. The maximum Gasteiger partial charge on any atom is 0.241 e. The van der Waals surface area contributed by atoms with E-state index in [1.54, 1.807) is 6.07 Å². The molecular formula is C14H24N2O3S2. The lowest BCUT2D eigenvalue weighted by molar-refractivity contribution is 0.180. The molecule has 0 bridgehead atoms. The fourth-order valence-corrected chi connectivity index (χ4v) is 5.05. The fourth-order valence-electron chi connectivity index (χ4n) is 2.35. The van der Waals surface area contributed by atoms with Gasteiger partial charge in [-0.2, -0.15) is 0 Å². The molecule has 1 aromatic rings. The minimum Gasteiger partial charge on any atom is -0.381 e. The van der Waals surface area contributed by atoms with Crippen molar-refractivity contribution in [1.29, 1.82) is 0 Å². The van der Waals surface area contributed by atoms with Gasteiger partial charge >= 0.3 is 0 Å². The van der Waals surface area contributed by atoms with E-state index >= 15 is 0 Å². The average molecular weight is 332 g/mol. The van der Waals surface area contributed by atoms with Crippen molar-refractivity contribution in [2.24, 2.45) is 5.92 Å². The Labute approximate surface area is 131 Å². The molecule has 120 valence electrons. The summed E-state index contributed by atoms with van der Waals surface area (Å²) >= 11 is 1.47. The molecule has 2 N–H and O–H groups in total. The first-order valence-electron chi connectivity index (χ1n) is 7.30. The molecule has 0 amide bonds.